The first-order chi connectivity index (χ1) is 9.28. The van der Waals surface area contributed by atoms with E-state index in [4.69, 9.17) is 16.3 Å². The number of fused-ring (bicyclic) bond motifs is 1. The van der Waals surface area contributed by atoms with E-state index in [0.717, 1.165) is 40.6 Å². The van der Waals surface area contributed by atoms with Gasteiger partial charge in [0.1, 0.15) is 10.9 Å². The van der Waals surface area contributed by atoms with Crippen LogP contribution in [0.2, 0.25) is 5.15 Å². The molecule has 0 amide bonds. The predicted octanol–water partition coefficient (Wildman–Crippen LogP) is 4.63. The second kappa shape index (κ2) is 5.06. The standard InChI is InChI=1S/C16H14ClNO/c1-19-13-7-8-14-12(9-13)10-15(18-16(14)17)11-5-3-2-4-6-11/h3,5-10H,2,4H2,1H3. The molecule has 1 aliphatic carbocycles. The summed E-state index contributed by atoms with van der Waals surface area (Å²) in [5.74, 6) is 0.828. The van der Waals surface area contributed by atoms with E-state index in [2.05, 4.69) is 29.3 Å². The first-order valence-corrected chi connectivity index (χ1v) is 6.67. The maximum absolute atomic E-state index is 6.27. The van der Waals surface area contributed by atoms with E-state index in [1.807, 2.05) is 18.2 Å². The summed E-state index contributed by atoms with van der Waals surface area (Å²) < 4.78 is 5.26. The Morgan fingerprint density at radius 3 is 2.84 bits per heavy atom. The van der Waals surface area contributed by atoms with Crippen molar-refractivity contribution in [2.75, 3.05) is 7.11 Å². The van der Waals surface area contributed by atoms with Crippen LogP contribution < -0.4 is 4.74 Å². The first-order valence-electron chi connectivity index (χ1n) is 6.29. The van der Waals surface area contributed by atoms with Gasteiger partial charge in [-0.25, -0.2) is 4.98 Å². The SMILES string of the molecule is COc1ccc2c(Cl)nc(C3=CCCC=C3)cc2c1. The molecule has 3 rings (SSSR count). The summed E-state index contributed by atoms with van der Waals surface area (Å²) in [5, 5.41) is 2.54. The van der Waals surface area contributed by atoms with Crippen LogP contribution in [0.4, 0.5) is 0 Å². The predicted molar refractivity (Wildman–Crippen MR) is 79.7 cm³/mol. The molecule has 1 heterocycles. The molecule has 0 spiro atoms. The molecule has 0 fully saturated rings. The minimum atomic E-state index is 0.537. The third-order valence-electron chi connectivity index (χ3n) is 3.28. The zero-order valence-corrected chi connectivity index (χ0v) is 11.4. The second-order valence-electron chi connectivity index (χ2n) is 4.52. The fourth-order valence-corrected chi connectivity index (χ4v) is 2.54. The molecule has 2 aromatic rings. The van der Waals surface area contributed by atoms with E-state index in [0.29, 0.717) is 5.15 Å². The number of methoxy groups -OCH3 is 1. The van der Waals surface area contributed by atoms with Gasteiger partial charge in [-0.3, -0.25) is 0 Å². The minimum absolute atomic E-state index is 0.537. The highest BCUT2D eigenvalue weighted by Gasteiger charge is 2.08. The van der Waals surface area contributed by atoms with Crippen molar-refractivity contribution in [2.24, 2.45) is 0 Å². The lowest BCUT2D eigenvalue weighted by atomic mass is 10.0. The smallest absolute Gasteiger partial charge is 0.137 e. The zero-order chi connectivity index (χ0) is 13.2. The number of rotatable bonds is 2. The Morgan fingerprint density at radius 1 is 1.21 bits per heavy atom. The van der Waals surface area contributed by atoms with Gasteiger partial charge >= 0.3 is 0 Å². The fraction of sp³-hybridized carbons (Fsp3) is 0.188. The molecule has 1 aromatic carbocycles. The van der Waals surface area contributed by atoms with Gasteiger partial charge in [0.25, 0.3) is 0 Å². The molecule has 19 heavy (non-hydrogen) atoms. The molecule has 1 aromatic heterocycles. The third-order valence-corrected chi connectivity index (χ3v) is 3.57. The molecule has 0 aliphatic heterocycles. The van der Waals surface area contributed by atoms with Crippen LogP contribution >= 0.6 is 11.6 Å². The molecular weight excluding hydrogens is 258 g/mol. The Kier molecular flexibility index (Phi) is 3.26. The summed E-state index contributed by atoms with van der Waals surface area (Å²) in [7, 11) is 1.66. The largest absolute Gasteiger partial charge is 0.497 e. The van der Waals surface area contributed by atoms with Crippen molar-refractivity contribution in [2.45, 2.75) is 12.8 Å². The number of benzene rings is 1. The zero-order valence-electron chi connectivity index (χ0n) is 10.7. The van der Waals surface area contributed by atoms with Gasteiger partial charge in [0.15, 0.2) is 0 Å². The summed E-state index contributed by atoms with van der Waals surface area (Å²) in [6, 6.07) is 7.89. The van der Waals surface area contributed by atoms with Crippen LogP contribution in [0.25, 0.3) is 16.3 Å². The summed E-state index contributed by atoms with van der Waals surface area (Å²) in [4.78, 5) is 4.49. The van der Waals surface area contributed by atoms with Gasteiger partial charge in [0.05, 0.1) is 12.8 Å². The highest BCUT2D eigenvalue weighted by Crippen LogP contribution is 2.30. The van der Waals surface area contributed by atoms with E-state index in [1.165, 1.54) is 0 Å². The van der Waals surface area contributed by atoms with Crippen molar-refractivity contribution in [3.8, 4) is 5.75 Å². The van der Waals surface area contributed by atoms with Crippen LogP contribution in [0.15, 0.2) is 42.5 Å². The summed E-state index contributed by atoms with van der Waals surface area (Å²) >= 11 is 6.27. The monoisotopic (exact) mass is 271 g/mol. The summed E-state index contributed by atoms with van der Waals surface area (Å²) in [5.41, 5.74) is 2.06. The molecule has 3 heteroatoms. The van der Waals surface area contributed by atoms with Crippen molar-refractivity contribution in [3.63, 3.8) is 0 Å². The number of nitrogens with zero attached hydrogens (tertiary/aromatic N) is 1. The number of halogens is 1. The summed E-state index contributed by atoms with van der Waals surface area (Å²) in [6.07, 6.45) is 8.62. The van der Waals surface area contributed by atoms with Crippen molar-refractivity contribution in [1.82, 2.24) is 4.98 Å². The van der Waals surface area contributed by atoms with Gasteiger partial charge in [0, 0.05) is 5.39 Å². The van der Waals surface area contributed by atoms with Crippen LogP contribution in [0, 0.1) is 0 Å². The number of hydrogen-bond donors (Lipinski definition) is 0. The maximum atomic E-state index is 6.27. The Morgan fingerprint density at radius 2 is 2.11 bits per heavy atom. The number of aromatic nitrogens is 1. The minimum Gasteiger partial charge on any atom is -0.497 e. The van der Waals surface area contributed by atoms with Crippen molar-refractivity contribution in [3.05, 3.63) is 53.3 Å². The van der Waals surface area contributed by atoms with Crippen LogP contribution in [-0.2, 0) is 0 Å². The second-order valence-corrected chi connectivity index (χ2v) is 4.88. The first kappa shape index (κ1) is 12.2. The lowest BCUT2D eigenvalue weighted by molar-refractivity contribution is 0.415. The van der Waals surface area contributed by atoms with Crippen LogP contribution in [0.1, 0.15) is 18.5 Å². The Bertz CT molecular complexity index is 688. The van der Waals surface area contributed by atoms with E-state index >= 15 is 0 Å². The molecule has 1 aliphatic rings. The highest BCUT2D eigenvalue weighted by atomic mass is 35.5. The molecule has 0 saturated heterocycles. The highest BCUT2D eigenvalue weighted by molar-refractivity contribution is 6.34. The molecule has 0 unspecified atom stereocenters. The Labute approximate surface area is 117 Å². The number of allylic oxidation sites excluding steroid dienone is 4. The van der Waals surface area contributed by atoms with Gasteiger partial charge in [-0.15, -0.1) is 0 Å². The van der Waals surface area contributed by atoms with Crippen LogP contribution in [0.3, 0.4) is 0 Å². The van der Waals surface area contributed by atoms with Gasteiger partial charge in [0.2, 0.25) is 0 Å². The van der Waals surface area contributed by atoms with Crippen LogP contribution in [-0.4, -0.2) is 12.1 Å². The molecular formula is C16H14ClNO. The molecule has 0 atom stereocenters. The van der Waals surface area contributed by atoms with Crippen molar-refractivity contribution in [1.29, 1.82) is 0 Å². The molecule has 0 N–H and O–H groups in total. The lowest BCUT2D eigenvalue weighted by Gasteiger charge is -2.10. The Balaban J connectivity index is 2.16. The van der Waals surface area contributed by atoms with E-state index in [9.17, 15) is 0 Å². The topological polar surface area (TPSA) is 22.1 Å². The van der Waals surface area contributed by atoms with E-state index in [-0.39, 0.29) is 0 Å². The maximum Gasteiger partial charge on any atom is 0.137 e. The average molecular weight is 272 g/mol. The summed E-state index contributed by atoms with van der Waals surface area (Å²) in [6.45, 7) is 0. The molecule has 96 valence electrons. The Hall–Kier alpha value is -1.80. The van der Waals surface area contributed by atoms with Gasteiger partial charge in [-0.1, -0.05) is 29.8 Å². The van der Waals surface area contributed by atoms with Gasteiger partial charge in [-0.2, -0.15) is 0 Å². The molecule has 2 nitrogen and oxygen atoms in total. The number of pyridine rings is 1. The fourth-order valence-electron chi connectivity index (χ4n) is 2.27. The molecule has 0 radical (unpaired) electrons. The number of ether oxygens (including phenoxy) is 1. The normalized spacial score (nSPS) is 14.5. The van der Waals surface area contributed by atoms with Gasteiger partial charge < -0.3 is 4.74 Å². The number of hydrogen-bond acceptors (Lipinski definition) is 2. The average Bonchev–Trinajstić information content (AvgIpc) is 2.47. The van der Waals surface area contributed by atoms with E-state index < -0.39 is 0 Å². The van der Waals surface area contributed by atoms with Gasteiger partial charge in [-0.05, 0) is 48.1 Å². The quantitative estimate of drug-likeness (QED) is 0.743. The molecule has 0 saturated carbocycles. The van der Waals surface area contributed by atoms with Crippen molar-refractivity contribution >= 4 is 27.9 Å². The lowest BCUT2D eigenvalue weighted by Crippen LogP contribution is -1.92. The molecule has 0 bridgehead atoms. The van der Waals surface area contributed by atoms with Crippen LogP contribution in [0.5, 0.6) is 5.75 Å². The van der Waals surface area contributed by atoms with E-state index in [1.54, 1.807) is 7.11 Å². The third kappa shape index (κ3) is 2.36. The van der Waals surface area contributed by atoms with Crippen molar-refractivity contribution < 1.29 is 4.74 Å².